The molecule has 2 aromatic rings. The maximum Gasteiger partial charge on any atom is 0.290 e. The van der Waals surface area contributed by atoms with Gasteiger partial charge in [0.05, 0.1) is 34.3 Å². The van der Waals surface area contributed by atoms with Crippen molar-refractivity contribution in [1.29, 1.82) is 0 Å². The normalized spacial score (nSPS) is 16.5. The Morgan fingerprint density at radius 1 is 1.26 bits per heavy atom. The number of nitrogens with zero attached hydrogens (tertiary/aromatic N) is 3. The number of methoxy groups -OCH3 is 1. The van der Waals surface area contributed by atoms with Crippen molar-refractivity contribution in [1.82, 2.24) is 14.8 Å². The number of Topliss-reactive ketones (excluding diaryl/α,β-unsaturated/α-hetero) is 1. The number of carbonyl (C=O) groups excluding carboxylic acids is 2. The fourth-order valence-corrected chi connectivity index (χ4v) is 4.86. The molecular weight excluding hydrogens is 414 g/mol. The SMILES string of the molecule is CCN(CC)CCN1C(=O)C(O)=C(C(=O)c2sc(C)nc2C)[C@H]1c1ccccc1OC. The molecular formula is C23H29N3O4S. The zero-order chi connectivity index (χ0) is 22.7. The summed E-state index contributed by atoms with van der Waals surface area (Å²) in [7, 11) is 1.55. The molecule has 2 heterocycles. The summed E-state index contributed by atoms with van der Waals surface area (Å²) in [5, 5.41) is 11.6. The van der Waals surface area contributed by atoms with Crippen LogP contribution < -0.4 is 4.74 Å². The number of aryl methyl sites for hydroxylation is 2. The lowest BCUT2D eigenvalue weighted by Crippen LogP contribution is -2.38. The van der Waals surface area contributed by atoms with Crippen molar-refractivity contribution in [2.75, 3.05) is 33.3 Å². The third-order valence-corrected chi connectivity index (χ3v) is 6.71. The minimum Gasteiger partial charge on any atom is -0.503 e. The van der Waals surface area contributed by atoms with E-state index >= 15 is 0 Å². The molecule has 1 N–H and O–H groups in total. The second-order valence-corrected chi connectivity index (χ2v) is 8.61. The Labute approximate surface area is 187 Å². The van der Waals surface area contributed by atoms with Crippen LogP contribution in [0.5, 0.6) is 5.75 Å². The van der Waals surface area contributed by atoms with Crippen LogP contribution in [0.3, 0.4) is 0 Å². The van der Waals surface area contributed by atoms with E-state index in [1.165, 1.54) is 11.3 Å². The van der Waals surface area contributed by atoms with Gasteiger partial charge in [-0.15, -0.1) is 11.3 Å². The van der Waals surface area contributed by atoms with E-state index in [0.29, 0.717) is 35.0 Å². The molecule has 7 nitrogen and oxygen atoms in total. The van der Waals surface area contributed by atoms with Crippen molar-refractivity contribution in [3.05, 3.63) is 56.7 Å². The van der Waals surface area contributed by atoms with Crippen molar-refractivity contribution < 1.29 is 19.4 Å². The van der Waals surface area contributed by atoms with Gasteiger partial charge < -0.3 is 19.6 Å². The van der Waals surface area contributed by atoms with Crippen molar-refractivity contribution in [2.45, 2.75) is 33.7 Å². The van der Waals surface area contributed by atoms with E-state index in [0.717, 1.165) is 18.1 Å². The number of carbonyl (C=O) groups is 2. The van der Waals surface area contributed by atoms with Gasteiger partial charge in [0.2, 0.25) is 5.78 Å². The van der Waals surface area contributed by atoms with Gasteiger partial charge in [0, 0.05) is 18.7 Å². The first kappa shape index (κ1) is 23.0. The molecule has 166 valence electrons. The molecule has 0 saturated carbocycles. The topological polar surface area (TPSA) is 83.0 Å². The molecule has 0 unspecified atom stereocenters. The summed E-state index contributed by atoms with van der Waals surface area (Å²) >= 11 is 1.27. The maximum atomic E-state index is 13.5. The predicted octanol–water partition coefficient (Wildman–Crippen LogP) is 3.69. The number of thiazole rings is 1. The van der Waals surface area contributed by atoms with E-state index < -0.39 is 17.7 Å². The summed E-state index contributed by atoms with van der Waals surface area (Å²) in [5.74, 6) is -0.836. The van der Waals surface area contributed by atoms with Gasteiger partial charge in [-0.1, -0.05) is 32.0 Å². The van der Waals surface area contributed by atoms with Gasteiger partial charge in [-0.3, -0.25) is 9.59 Å². The average molecular weight is 444 g/mol. The molecule has 1 aliphatic heterocycles. The van der Waals surface area contributed by atoms with Crippen molar-refractivity contribution >= 4 is 23.0 Å². The molecule has 0 radical (unpaired) electrons. The van der Waals surface area contributed by atoms with Crippen LogP contribution in [0.1, 0.15) is 45.8 Å². The zero-order valence-corrected chi connectivity index (χ0v) is 19.5. The number of hydrogen-bond donors (Lipinski definition) is 1. The Balaban J connectivity index is 2.09. The number of aliphatic hydroxyl groups is 1. The number of aliphatic hydroxyl groups excluding tert-OH is 1. The molecule has 1 amide bonds. The van der Waals surface area contributed by atoms with Crippen LogP contribution in [-0.2, 0) is 4.79 Å². The highest BCUT2D eigenvalue weighted by Crippen LogP contribution is 2.42. The summed E-state index contributed by atoms with van der Waals surface area (Å²) in [4.78, 5) is 35.2. The quantitative estimate of drug-likeness (QED) is 0.595. The number of rotatable bonds is 9. The Morgan fingerprint density at radius 2 is 1.94 bits per heavy atom. The monoisotopic (exact) mass is 443 g/mol. The molecule has 1 atom stereocenters. The van der Waals surface area contributed by atoms with Gasteiger partial charge in [0.1, 0.15) is 5.75 Å². The number of likely N-dealkylation sites (N-methyl/N-ethyl adjacent to an activating group) is 1. The Kier molecular flexibility index (Phi) is 7.12. The number of ketones is 1. The first-order valence-corrected chi connectivity index (χ1v) is 11.2. The standard InChI is InChI=1S/C23H29N3O4S/c1-6-25(7-2)12-13-26-19(16-10-8-9-11-17(16)30-5)18(21(28)23(26)29)20(27)22-14(3)24-15(4)31-22/h8-11,19,28H,6-7,12-13H2,1-5H3/t19-/m1/s1. The highest BCUT2D eigenvalue weighted by atomic mass is 32.1. The molecule has 0 fully saturated rings. The number of amides is 1. The van der Waals surface area contributed by atoms with E-state index in [-0.39, 0.29) is 11.4 Å². The summed E-state index contributed by atoms with van der Waals surface area (Å²) < 4.78 is 5.53. The number of benzene rings is 1. The number of para-hydroxylation sites is 1. The van der Waals surface area contributed by atoms with Gasteiger partial charge in [-0.2, -0.15) is 0 Å². The van der Waals surface area contributed by atoms with Crippen molar-refractivity contribution in [2.24, 2.45) is 0 Å². The third-order valence-electron chi connectivity index (χ3n) is 5.64. The van der Waals surface area contributed by atoms with Gasteiger partial charge in [0.15, 0.2) is 5.76 Å². The van der Waals surface area contributed by atoms with E-state index in [4.69, 9.17) is 4.74 Å². The minimum atomic E-state index is -0.728. The lowest BCUT2D eigenvalue weighted by atomic mass is 9.94. The lowest BCUT2D eigenvalue weighted by molar-refractivity contribution is -0.129. The molecule has 0 spiro atoms. The molecule has 1 aliphatic rings. The second kappa shape index (κ2) is 9.62. The molecule has 3 rings (SSSR count). The fourth-order valence-electron chi connectivity index (χ4n) is 3.99. The molecule has 8 heteroatoms. The minimum absolute atomic E-state index is 0.0841. The van der Waals surface area contributed by atoms with Crippen LogP contribution in [0.4, 0.5) is 0 Å². The Bertz CT molecular complexity index is 1010. The first-order valence-electron chi connectivity index (χ1n) is 10.4. The molecule has 1 aromatic carbocycles. The summed E-state index contributed by atoms with van der Waals surface area (Å²) in [5.41, 5.74) is 1.35. The van der Waals surface area contributed by atoms with E-state index in [9.17, 15) is 14.7 Å². The van der Waals surface area contributed by atoms with Crippen LogP contribution in [0.25, 0.3) is 0 Å². The summed E-state index contributed by atoms with van der Waals surface area (Å²) in [6.45, 7) is 10.4. The predicted molar refractivity (Wildman–Crippen MR) is 121 cm³/mol. The van der Waals surface area contributed by atoms with Crippen LogP contribution in [0.2, 0.25) is 0 Å². The molecule has 31 heavy (non-hydrogen) atoms. The fraction of sp³-hybridized carbons (Fsp3) is 0.435. The smallest absolute Gasteiger partial charge is 0.290 e. The zero-order valence-electron chi connectivity index (χ0n) is 18.6. The number of ether oxygens (including phenoxy) is 1. The van der Waals surface area contributed by atoms with Gasteiger partial charge >= 0.3 is 0 Å². The summed E-state index contributed by atoms with van der Waals surface area (Å²) in [6, 6.07) is 6.57. The summed E-state index contributed by atoms with van der Waals surface area (Å²) in [6.07, 6.45) is 0. The van der Waals surface area contributed by atoms with Crippen LogP contribution >= 0.6 is 11.3 Å². The largest absolute Gasteiger partial charge is 0.503 e. The Morgan fingerprint density at radius 3 is 2.52 bits per heavy atom. The molecule has 0 aliphatic carbocycles. The third kappa shape index (κ3) is 4.36. The van der Waals surface area contributed by atoms with Gasteiger partial charge in [-0.25, -0.2) is 4.98 Å². The number of aromatic nitrogens is 1. The van der Waals surface area contributed by atoms with Crippen LogP contribution in [0, 0.1) is 13.8 Å². The molecule has 0 saturated heterocycles. The van der Waals surface area contributed by atoms with Crippen molar-refractivity contribution in [3.63, 3.8) is 0 Å². The molecule has 0 bridgehead atoms. The van der Waals surface area contributed by atoms with Gasteiger partial charge in [0.25, 0.3) is 5.91 Å². The van der Waals surface area contributed by atoms with Gasteiger partial charge in [-0.05, 0) is 33.0 Å². The molecule has 1 aromatic heterocycles. The average Bonchev–Trinajstić information content (AvgIpc) is 3.24. The van der Waals surface area contributed by atoms with E-state index in [1.54, 1.807) is 25.0 Å². The highest BCUT2D eigenvalue weighted by Gasteiger charge is 2.45. The second-order valence-electron chi connectivity index (χ2n) is 7.41. The highest BCUT2D eigenvalue weighted by molar-refractivity contribution is 7.14. The van der Waals surface area contributed by atoms with E-state index in [1.807, 2.05) is 25.1 Å². The van der Waals surface area contributed by atoms with Crippen LogP contribution in [0.15, 0.2) is 35.6 Å². The van der Waals surface area contributed by atoms with Crippen LogP contribution in [-0.4, -0.2) is 64.9 Å². The van der Waals surface area contributed by atoms with Crippen molar-refractivity contribution in [3.8, 4) is 5.75 Å². The van der Waals surface area contributed by atoms with E-state index in [2.05, 4.69) is 23.7 Å². The lowest BCUT2D eigenvalue weighted by Gasteiger charge is -2.30. The number of hydrogen-bond acceptors (Lipinski definition) is 7. The first-order chi connectivity index (χ1) is 14.8. The maximum absolute atomic E-state index is 13.5. The Hall–Kier alpha value is -2.71.